The van der Waals surface area contributed by atoms with Crippen molar-refractivity contribution in [3.05, 3.63) is 71.3 Å². The molecule has 0 aliphatic rings. The average molecular weight is 362 g/mol. The summed E-state index contributed by atoms with van der Waals surface area (Å²) < 4.78 is 5.42. The van der Waals surface area contributed by atoms with E-state index < -0.39 is 0 Å². The standard InChI is InChI=1S/C21H22N4O2/c1-4-27-18-9-7-17(8-10-18)22-19-11-12-20(25-24-19)23-21(26)16-6-5-14(2)15(3)13-16/h5-13H,4H2,1-3H3,(H,22,24)(H,23,25,26). The zero-order valence-corrected chi connectivity index (χ0v) is 15.6. The van der Waals surface area contributed by atoms with E-state index in [0.29, 0.717) is 23.8 Å². The van der Waals surface area contributed by atoms with Crippen LogP contribution in [-0.2, 0) is 0 Å². The molecule has 1 heterocycles. The van der Waals surface area contributed by atoms with Gasteiger partial charge in [0, 0.05) is 11.3 Å². The molecule has 3 rings (SSSR count). The van der Waals surface area contributed by atoms with Gasteiger partial charge in [0.1, 0.15) is 5.75 Å². The van der Waals surface area contributed by atoms with Crippen LogP contribution in [0.3, 0.4) is 0 Å². The van der Waals surface area contributed by atoms with Crippen LogP contribution in [-0.4, -0.2) is 22.7 Å². The van der Waals surface area contributed by atoms with Crippen LogP contribution in [0, 0.1) is 13.8 Å². The molecule has 6 nitrogen and oxygen atoms in total. The lowest BCUT2D eigenvalue weighted by molar-refractivity contribution is 0.102. The molecule has 0 saturated carbocycles. The van der Waals surface area contributed by atoms with E-state index in [9.17, 15) is 4.79 Å². The molecule has 0 spiro atoms. The van der Waals surface area contributed by atoms with Gasteiger partial charge in [0.25, 0.3) is 5.91 Å². The molecule has 0 atom stereocenters. The Bertz CT molecular complexity index is 922. The number of amides is 1. The number of hydrogen-bond donors (Lipinski definition) is 2. The van der Waals surface area contributed by atoms with Gasteiger partial charge in [-0.15, -0.1) is 10.2 Å². The Morgan fingerprint density at radius 1 is 0.926 bits per heavy atom. The van der Waals surface area contributed by atoms with Crippen molar-refractivity contribution >= 4 is 23.2 Å². The lowest BCUT2D eigenvalue weighted by Gasteiger charge is -2.08. The fourth-order valence-electron chi connectivity index (χ4n) is 2.49. The van der Waals surface area contributed by atoms with Crippen molar-refractivity contribution in [1.29, 1.82) is 0 Å². The number of carbonyl (C=O) groups is 1. The quantitative estimate of drug-likeness (QED) is 0.676. The summed E-state index contributed by atoms with van der Waals surface area (Å²) in [7, 11) is 0. The van der Waals surface area contributed by atoms with Crippen molar-refractivity contribution in [3.63, 3.8) is 0 Å². The van der Waals surface area contributed by atoms with Gasteiger partial charge in [0.15, 0.2) is 11.6 Å². The number of ether oxygens (including phenoxy) is 1. The maximum atomic E-state index is 12.3. The van der Waals surface area contributed by atoms with E-state index >= 15 is 0 Å². The van der Waals surface area contributed by atoms with Crippen LogP contribution in [0.25, 0.3) is 0 Å². The molecule has 0 aliphatic carbocycles. The van der Waals surface area contributed by atoms with E-state index in [0.717, 1.165) is 22.6 Å². The van der Waals surface area contributed by atoms with Gasteiger partial charge in [0.2, 0.25) is 0 Å². The maximum absolute atomic E-state index is 12.3. The fourth-order valence-corrected chi connectivity index (χ4v) is 2.49. The number of nitrogens with zero attached hydrogens (tertiary/aromatic N) is 2. The number of carbonyl (C=O) groups excluding carboxylic acids is 1. The van der Waals surface area contributed by atoms with Gasteiger partial charge < -0.3 is 15.4 Å². The molecule has 3 aromatic rings. The van der Waals surface area contributed by atoms with Crippen LogP contribution < -0.4 is 15.4 Å². The van der Waals surface area contributed by atoms with E-state index in [1.165, 1.54) is 0 Å². The van der Waals surface area contributed by atoms with Gasteiger partial charge in [-0.2, -0.15) is 0 Å². The zero-order chi connectivity index (χ0) is 19.2. The Balaban J connectivity index is 1.62. The Morgan fingerprint density at radius 3 is 2.26 bits per heavy atom. The van der Waals surface area contributed by atoms with Crippen LogP contribution in [0.15, 0.2) is 54.6 Å². The summed E-state index contributed by atoms with van der Waals surface area (Å²) >= 11 is 0. The van der Waals surface area contributed by atoms with Gasteiger partial charge in [-0.1, -0.05) is 6.07 Å². The number of aromatic nitrogens is 2. The molecule has 0 aliphatic heterocycles. The summed E-state index contributed by atoms with van der Waals surface area (Å²) in [4.78, 5) is 12.3. The summed E-state index contributed by atoms with van der Waals surface area (Å²) in [6, 6.07) is 16.6. The first-order valence-electron chi connectivity index (χ1n) is 8.77. The largest absolute Gasteiger partial charge is 0.494 e. The van der Waals surface area contributed by atoms with E-state index in [1.54, 1.807) is 18.2 Å². The van der Waals surface area contributed by atoms with Crippen LogP contribution in [0.1, 0.15) is 28.4 Å². The second kappa shape index (κ2) is 8.31. The molecule has 27 heavy (non-hydrogen) atoms. The third-order valence-corrected chi connectivity index (χ3v) is 4.11. The molecule has 1 aromatic heterocycles. The zero-order valence-electron chi connectivity index (χ0n) is 15.6. The lowest BCUT2D eigenvalue weighted by Crippen LogP contribution is -2.13. The molecule has 0 radical (unpaired) electrons. The third kappa shape index (κ3) is 4.82. The smallest absolute Gasteiger partial charge is 0.256 e. The van der Waals surface area contributed by atoms with E-state index in [2.05, 4.69) is 20.8 Å². The van der Waals surface area contributed by atoms with Gasteiger partial charge in [-0.25, -0.2) is 0 Å². The molecule has 0 bridgehead atoms. The van der Waals surface area contributed by atoms with Crippen molar-refractivity contribution in [2.75, 3.05) is 17.2 Å². The minimum Gasteiger partial charge on any atom is -0.494 e. The van der Waals surface area contributed by atoms with E-state index in [1.807, 2.05) is 57.2 Å². The highest BCUT2D eigenvalue weighted by atomic mass is 16.5. The Morgan fingerprint density at radius 2 is 1.63 bits per heavy atom. The number of nitrogens with one attached hydrogen (secondary N) is 2. The second-order valence-corrected chi connectivity index (χ2v) is 6.14. The monoisotopic (exact) mass is 362 g/mol. The van der Waals surface area contributed by atoms with Gasteiger partial charge >= 0.3 is 0 Å². The minimum absolute atomic E-state index is 0.209. The molecular weight excluding hydrogens is 340 g/mol. The number of rotatable bonds is 6. The van der Waals surface area contributed by atoms with Gasteiger partial charge in [-0.05, 0) is 80.4 Å². The first-order valence-corrected chi connectivity index (χ1v) is 8.77. The summed E-state index contributed by atoms with van der Waals surface area (Å²) in [5.41, 5.74) is 3.69. The molecule has 2 N–H and O–H groups in total. The van der Waals surface area contributed by atoms with E-state index in [4.69, 9.17) is 4.74 Å². The van der Waals surface area contributed by atoms with Gasteiger partial charge in [0.05, 0.1) is 6.61 Å². The Kier molecular flexibility index (Phi) is 5.66. The topological polar surface area (TPSA) is 76.1 Å². The number of benzene rings is 2. The molecular formula is C21H22N4O2. The SMILES string of the molecule is CCOc1ccc(Nc2ccc(NC(=O)c3ccc(C)c(C)c3)nn2)cc1. The number of anilines is 3. The molecule has 0 fully saturated rings. The fraction of sp³-hybridized carbons (Fsp3) is 0.190. The molecule has 0 saturated heterocycles. The highest BCUT2D eigenvalue weighted by Crippen LogP contribution is 2.19. The summed E-state index contributed by atoms with van der Waals surface area (Å²) in [6.45, 7) is 6.57. The minimum atomic E-state index is -0.209. The predicted octanol–water partition coefficient (Wildman–Crippen LogP) is 4.49. The predicted molar refractivity (Wildman–Crippen MR) is 107 cm³/mol. The van der Waals surface area contributed by atoms with Crippen LogP contribution in [0.4, 0.5) is 17.3 Å². The molecule has 138 valence electrons. The van der Waals surface area contributed by atoms with Crippen molar-refractivity contribution in [2.45, 2.75) is 20.8 Å². The van der Waals surface area contributed by atoms with E-state index in [-0.39, 0.29) is 5.91 Å². The Labute approximate surface area is 158 Å². The summed E-state index contributed by atoms with van der Waals surface area (Å²) in [5.74, 6) is 1.59. The first-order chi connectivity index (χ1) is 13.0. The Hall–Kier alpha value is -3.41. The second-order valence-electron chi connectivity index (χ2n) is 6.14. The normalized spacial score (nSPS) is 10.3. The van der Waals surface area contributed by atoms with Crippen molar-refractivity contribution in [2.24, 2.45) is 0 Å². The summed E-state index contributed by atoms with van der Waals surface area (Å²) in [6.07, 6.45) is 0. The van der Waals surface area contributed by atoms with Crippen LogP contribution in [0.5, 0.6) is 5.75 Å². The van der Waals surface area contributed by atoms with Crippen LogP contribution >= 0.6 is 0 Å². The maximum Gasteiger partial charge on any atom is 0.256 e. The first kappa shape index (κ1) is 18.4. The summed E-state index contributed by atoms with van der Waals surface area (Å²) in [5, 5.41) is 14.1. The molecule has 2 aromatic carbocycles. The molecule has 6 heteroatoms. The average Bonchev–Trinajstić information content (AvgIpc) is 2.67. The number of aryl methyl sites for hydroxylation is 2. The highest BCUT2D eigenvalue weighted by molar-refractivity contribution is 6.03. The molecule has 1 amide bonds. The lowest BCUT2D eigenvalue weighted by atomic mass is 10.1. The van der Waals surface area contributed by atoms with Crippen LogP contribution in [0.2, 0.25) is 0 Å². The number of hydrogen-bond acceptors (Lipinski definition) is 5. The third-order valence-electron chi connectivity index (χ3n) is 4.11. The van der Waals surface area contributed by atoms with Crippen molar-refractivity contribution in [3.8, 4) is 5.75 Å². The van der Waals surface area contributed by atoms with Gasteiger partial charge in [-0.3, -0.25) is 4.79 Å². The highest BCUT2D eigenvalue weighted by Gasteiger charge is 2.08. The van der Waals surface area contributed by atoms with Crippen molar-refractivity contribution < 1.29 is 9.53 Å². The molecule has 0 unspecified atom stereocenters. The van der Waals surface area contributed by atoms with Crippen molar-refractivity contribution in [1.82, 2.24) is 10.2 Å².